The Morgan fingerprint density at radius 1 is 1.48 bits per heavy atom. The Hall–Kier alpha value is -2.40. The van der Waals surface area contributed by atoms with E-state index in [1.807, 2.05) is 19.9 Å². The van der Waals surface area contributed by atoms with E-state index in [0.29, 0.717) is 16.5 Å². The minimum Gasteiger partial charge on any atom is -0.861 e. The standard InChI is InChI=1S/C21H27N5O2S/c1-13(2)26-11-19(28-25-26)24-18(27)12-29-20-15(10-22)8-14-9-16(21(3,4)5)6-7-17(14)23-20/h8,11,13,16H,6-7,9,12H2,1-5H3. The molecular weight excluding hydrogens is 386 g/mol. The molecule has 0 aromatic carbocycles. The molecule has 2 aromatic rings. The van der Waals surface area contributed by atoms with Crippen molar-refractivity contribution in [1.82, 2.24) is 10.3 Å². The van der Waals surface area contributed by atoms with Gasteiger partial charge in [0.2, 0.25) is 5.27 Å². The van der Waals surface area contributed by atoms with Gasteiger partial charge in [-0.15, -0.1) is 0 Å². The molecular formula is C21H27N5O2S. The third-order valence-corrected chi connectivity index (χ3v) is 6.24. The van der Waals surface area contributed by atoms with E-state index in [2.05, 4.69) is 37.1 Å². The fourth-order valence-corrected chi connectivity index (χ4v) is 4.16. The smallest absolute Gasteiger partial charge is 0.320 e. The van der Waals surface area contributed by atoms with Crippen molar-refractivity contribution in [3.8, 4) is 6.07 Å². The molecule has 1 aliphatic rings. The molecule has 1 aliphatic carbocycles. The quantitative estimate of drug-likeness (QED) is 0.323. The number of pyridine rings is 1. The van der Waals surface area contributed by atoms with Gasteiger partial charge in [-0.05, 0) is 66.7 Å². The van der Waals surface area contributed by atoms with Crippen LogP contribution in [0, 0.1) is 22.7 Å². The van der Waals surface area contributed by atoms with Gasteiger partial charge in [-0.2, -0.15) is 5.26 Å². The Balaban J connectivity index is 1.73. The summed E-state index contributed by atoms with van der Waals surface area (Å²) < 4.78 is 6.65. The van der Waals surface area contributed by atoms with Crippen molar-refractivity contribution in [2.45, 2.75) is 64.9 Å². The van der Waals surface area contributed by atoms with Gasteiger partial charge in [-0.3, -0.25) is 4.52 Å². The summed E-state index contributed by atoms with van der Waals surface area (Å²) in [7, 11) is 0. The summed E-state index contributed by atoms with van der Waals surface area (Å²) in [6, 6.07) is 4.31. The van der Waals surface area contributed by atoms with Crippen LogP contribution in [0.15, 0.2) is 26.8 Å². The zero-order valence-electron chi connectivity index (χ0n) is 17.6. The van der Waals surface area contributed by atoms with Crippen molar-refractivity contribution in [2.75, 3.05) is 5.75 Å². The Bertz CT molecular complexity index is 953. The largest absolute Gasteiger partial charge is 0.861 e. The maximum absolute atomic E-state index is 12.2. The number of aromatic nitrogens is 3. The lowest BCUT2D eigenvalue weighted by atomic mass is 9.71. The summed E-state index contributed by atoms with van der Waals surface area (Å²) in [4.78, 5) is 8.65. The molecule has 1 atom stereocenters. The SMILES string of the molecule is CC(C)[n+]1cc(/N=C(\[O-])CSc2nc3c(cc2C#N)CC(C(C)(C)C)CC3)on1. The predicted octanol–water partition coefficient (Wildman–Crippen LogP) is 3.14. The molecule has 0 bridgehead atoms. The first kappa shape index (κ1) is 21.3. The Morgan fingerprint density at radius 3 is 2.86 bits per heavy atom. The lowest BCUT2D eigenvalue weighted by molar-refractivity contribution is -0.779. The van der Waals surface area contributed by atoms with Crippen LogP contribution in [0.2, 0.25) is 0 Å². The number of thioether (sulfide) groups is 1. The molecule has 0 radical (unpaired) electrons. The van der Waals surface area contributed by atoms with Crippen LogP contribution in [-0.2, 0) is 12.8 Å². The molecule has 0 fully saturated rings. The fraction of sp³-hybridized carbons (Fsp3) is 0.571. The maximum atomic E-state index is 12.2. The number of hydrogen-bond donors (Lipinski definition) is 0. The summed E-state index contributed by atoms with van der Waals surface area (Å²) >= 11 is 1.25. The topological polar surface area (TPSA) is 102 Å². The van der Waals surface area contributed by atoms with E-state index in [-0.39, 0.29) is 29.0 Å². The van der Waals surface area contributed by atoms with E-state index in [1.54, 1.807) is 10.9 Å². The van der Waals surface area contributed by atoms with E-state index in [9.17, 15) is 10.4 Å². The van der Waals surface area contributed by atoms with Gasteiger partial charge in [-0.1, -0.05) is 32.5 Å². The monoisotopic (exact) mass is 413 g/mol. The molecule has 7 nitrogen and oxygen atoms in total. The Labute approximate surface area is 175 Å². The second-order valence-corrected chi connectivity index (χ2v) is 9.74. The number of hydrogen-bond acceptors (Lipinski definition) is 7. The molecule has 2 heterocycles. The Kier molecular flexibility index (Phi) is 6.27. The van der Waals surface area contributed by atoms with Gasteiger partial charge >= 0.3 is 5.88 Å². The molecule has 0 amide bonds. The highest BCUT2D eigenvalue weighted by atomic mass is 32.2. The van der Waals surface area contributed by atoms with Gasteiger partial charge in [0.25, 0.3) is 6.20 Å². The molecule has 2 aromatic heterocycles. The second-order valence-electron chi connectivity index (χ2n) is 8.77. The van der Waals surface area contributed by atoms with Crippen LogP contribution >= 0.6 is 11.8 Å². The molecule has 29 heavy (non-hydrogen) atoms. The predicted molar refractivity (Wildman–Crippen MR) is 109 cm³/mol. The molecule has 8 heteroatoms. The van der Waals surface area contributed by atoms with Crippen LogP contribution in [0.1, 0.15) is 63.9 Å². The highest BCUT2D eigenvalue weighted by Gasteiger charge is 2.30. The van der Waals surface area contributed by atoms with Gasteiger partial charge < -0.3 is 5.11 Å². The van der Waals surface area contributed by atoms with Gasteiger partial charge in [0.05, 0.1) is 5.56 Å². The van der Waals surface area contributed by atoms with E-state index in [0.717, 1.165) is 30.5 Å². The zero-order valence-corrected chi connectivity index (χ0v) is 18.4. The average Bonchev–Trinajstić information content (AvgIpc) is 3.13. The number of fused-ring (bicyclic) bond motifs is 1. The minimum absolute atomic E-state index is 0.0907. The van der Waals surface area contributed by atoms with Crippen LogP contribution in [-0.4, -0.2) is 21.9 Å². The Morgan fingerprint density at radius 2 is 2.24 bits per heavy atom. The average molecular weight is 414 g/mol. The summed E-state index contributed by atoms with van der Waals surface area (Å²) in [5.74, 6) is 0.500. The van der Waals surface area contributed by atoms with E-state index < -0.39 is 0 Å². The van der Waals surface area contributed by atoms with Crippen molar-refractivity contribution in [3.63, 3.8) is 0 Å². The first-order valence-electron chi connectivity index (χ1n) is 9.85. The lowest BCUT2D eigenvalue weighted by Crippen LogP contribution is -2.36. The molecule has 0 saturated heterocycles. The number of nitriles is 1. The van der Waals surface area contributed by atoms with Crippen LogP contribution < -0.4 is 9.79 Å². The fourth-order valence-electron chi connectivity index (χ4n) is 3.40. The summed E-state index contributed by atoms with van der Waals surface area (Å²) in [5.41, 5.74) is 2.96. The van der Waals surface area contributed by atoms with Gasteiger partial charge in [-0.25, -0.2) is 9.98 Å². The van der Waals surface area contributed by atoms with Crippen molar-refractivity contribution in [2.24, 2.45) is 16.3 Å². The molecule has 1 unspecified atom stereocenters. The molecule has 0 saturated carbocycles. The minimum atomic E-state index is -0.349. The highest BCUT2D eigenvalue weighted by Crippen LogP contribution is 2.38. The van der Waals surface area contributed by atoms with E-state index in [1.165, 1.54) is 11.8 Å². The molecule has 3 rings (SSSR count). The van der Waals surface area contributed by atoms with Crippen LogP contribution in [0.25, 0.3) is 0 Å². The van der Waals surface area contributed by atoms with Crippen molar-refractivity contribution < 1.29 is 14.3 Å². The van der Waals surface area contributed by atoms with E-state index >= 15 is 0 Å². The summed E-state index contributed by atoms with van der Waals surface area (Å²) in [6.45, 7) is 10.7. The lowest BCUT2D eigenvalue weighted by Gasteiger charge is -2.34. The van der Waals surface area contributed by atoms with E-state index in [4.69, 9.17) is 9.51 Å². The van der Waals surface area contributed by atoms with Crippen molar-refractivity contribution >= 4 is 23.5 Å². The van der Waals surface area contributed by atoms with Gasteiger partial charge in [0.15, 0.2) is 6.04 Å². The molecule has 0 spiro atoms. The normalized spacial score (nSPS) is 17.3. The number of aryl methyl sites for hydroxylation is 1. The molecule has 154 valence electrons. The van der Waals surface area contributed by atoms with Crippen molar-refractivity contribution in [1.29, 1.82) is 5.26 Å². The molecule has 0 N–H and O–H groups in total. The van der Waals surface area contributed by atoms with Crippen LogP contribution in [0.3, 0.4) is 0 Å². The first-order valence-corrected chi connectivity index (χ1v) is 10.8. The highest BCUT2D eigenvalue weighted by molar-refractivity contribution is 7.99. The van der Waals surface area contributed by atoms with Crippen molar-refractivity contribution in [3.05, 3.63) is 29.1 Å². The summed E-state index contributed by atoms with van der Waals surface area (Å²) in [6.07, 6.45) is 4.54. The summed E-state index contributed by atoms with van der Waals surface area (Å²) in [5, 5.41) is 26.2. The number of nitrogens with zero attached hydrogens (tertiary/aromatic N) is 5. The third-order valence-electron chi connectivity index (χ3n) is 5.26. The van der Waals surface area contributed by atoms with Crippen LogP contribution in [0.5, 0.6) is 0 Å². The molecule has 0 aliphatic heterocycles. The maximum Gasteiger partial charge on any atom is 0.320 e. The number of aliphatic imine (C=N–C) groups is 1. The van der Waals surface area contributed by atoms with Gasteiger partial charge in [0, 0.05) is 11.4 Å². The zero-order chi connectivity index (χ0) is 21.2. The second kappa shape index (κ2) is 8.54. The van der Waals surface area contributed by atoms with Crippen LogP contribution in [0.4, 0.5) is 5.88 Å². The third kappa shape index (κ3) is 5.15. The first-order chi connectivity index (χ1) is 13.7. The van der Waals surface area contributed by atoms with Gasteiger partial charge in [0.1, 0.15) is 11.1 Å². The number of rotatable bonds is 5.